The van der Waals surface area contributed by atoms with E-state index in [1.165, 1.54) is 28.1 Å². The van der Waals surface area contributed by atoms with E-state index in [9.17, 15) is 5.26 Å². The maximum atomic E-state index is 9.46. The zero-order valence-electron chi connectivity index (χ0n) is 17.3. The molecule has 3 rings (SSSR count). The topological polar surface area (TPSA) is 133 Å². The van der Waals surface area contributed by atoms with Crippen molar-refractivity contribution >= 4 is 56.3 Å². The minimum Gasteiger partial charge on any atom is -0.395 e. The highest BCUT2D eigenvalue weighted by molar-refractivity contribution is 9.10. The highest BCUT2D eigenvalue weighted by Gasteiger charge is 2.35. The van der Waals surface area contributed by atoms with E-state index in [1.807, 2.05) is 13.0 Å². The Morgan fingerprint density at radius 3 is 2.97 bits per heavy atom. The van der Waals surface area contributed by atoms with Gasteiger partial charge in [-0.3, -0.25) is 0 Å². The van der Waals surface area contributed by atoms with Crippen LogP contribution >= 0.6 is 50.6 Å². The van der Waals surface area contributed by atoms with Crippen LogP contribution in [0.15, 0.2) is 33.2 Å². The van der Waals surface area contributed by atoms with Gasteiger partial charge >= 0.3 is 0 Å². The van der Waals surface area contributed by atoms with Gasteiger partial charge in [0.05, 0.1) is 25.0 Å². The lowest BCUT2D eigenvalue weighted by Gasteiger charge is -2.38. The first-order valence-corrected chi connectivity index (χ1v) is 12.4. The Morgan fingerprint density at radius 1 is 1.62 bits per heavy atom. The first kappa shape index (κ1) is 25.2. The van der Waals surface area contributed by atoms with E-state index in [1.54, 1.807) is 24.9 Å². The van der Waals surface area contributed by atoms with Crippen molar-refractivity contribution in [2.24, 2.45) is 11.6 Å². The third-order valence-electron chi connectivity index (χ3n) is 4.55. The van der Waals surface area contributed by atoms with Gasteiger partial charge in [0.25, 0.3) is 0 Å². The summed E-state index contributed by atoms with van der Waals surface area (Å²) in [6, 6.07) is 3.93. The standard InChI is InChI=1S/C19H22BrClN6O3S2/c1-10-15(8-29-10)30-19(32-16-3-11(20)5-25-13(16)4-22)14(28-2)7-27(24)6-12(23)18-26-17(21)9-31-18/h3,5-6,9-10,14-15,19H,7-8,23-24H2,1-2H3/b12-6-/t10?,14-,15?,19?/m0/s1. The van der Waals surface area contributed by atoms with E-state index in [0.717, 1.165) is 4.47 Å². The first-order valence-electron chi connectivity index (χ1n) is 9.43. The minimum atomic E-state index is -0.491. The zero-order chi connectivity index (χ0) is 23.3. The highest BCUT2D eigenvalue weighted by Crippen LogP contribution is 2.34. The fourth-order valence-electron chi connectivity index (χ4n) is 2.75. The predicted octanol–water partition coefficient (Wildman–Crippen LogP) is 3.20. The number of rotatable bonds is 10. The molecule has 9 nitrogen and oxygen atoms in total. The Labute approximate surface area is 207 Å². The van der Waals surface area contributed by atoms with Crippen LogP contribution in [-0.2, 0) is 14.2 Å². The molecule has 1 aliphatic rings. The van der Waals surface area contributed by atoms with Gasteiger partial charge in [-0.1, -0.05) is 23.4 Å². The van der Waals surface area contributed by atoms with Crippen LogP contribution in [0.1, 0.15) is 17.6 Å². The third kappa shape index (κ3) is 6.55. The number of hydrogen-bond acceptors (Lipinski definition) is 11. The largest absolute Gasteiger partial charge is 0.395 e. The second kappa shape index (κ2) is 11.6. The fraction of sp³-hybridized carbons (Fsp3) is 0.421. The molecule has 1 saturated heterocycles. The average molecular weight is 562 g/mol. The number of hydrazine groups is 1. The minimum absolute atomic E-state index is 0.0363. The lowest BCUT2D eigenvalue weighted by atomic mass is 10.1. The van der Waals surface area contributed by atoms with E-state index in [0.29, 0.717) is 33.1 Å². The summed E-state index contributed by atoms with van der Waals surface area (Å²) < 4.78 is 18.2. The molecule has 0 amide bonds. The Hall–Kier alpha value is -1.43. The number of thioether (sulfide) groups is 1. The highest BCUT2D eigenvalue weighted by atomic mass is 79.9. The van der Waals surface area contributed by atoms with Crippen LogP contribution in [0.2, 0.25) is 5.15 Å². The van der Waals surface area contributed by atoms with Crippen molar-refractivity contribution in [3.63, 3.8) is 0 Å². The number of aromatic nitrogens is 2. The van der Waals surface area contributed by atoms with Crippen molar-refractivity contribution in [2.45, 2.75) is 35.6 Å². The van der Waals surface area contributed by atoms with E-state index >= 15 is 0 Å². The van der Waals surface area contributed by atoms with Gasteiger partial charge in [0, 0.05) is 34.3 Å². The zero-order valence-corrected chi connectivity index (χ0v) is 21.2. The lowest BCUT2D eigenvalue weighted by Crippen LogP contribution is -2.50. The molecular weight excluding hydrogens is 540 g/mol. The summed E-state index contributed by atoms with van der Waals surface area (Å²) in [5.74, 6) is 6.19. The van der Waals surface area contributed by atoms with Crippen molar-refractivity contribution in [1.29, 1.82) is 5.26 Å². The average Bonchev–Trinajstić information content (AvgIpc) is 3.20. The summed E-state index contributed by atoms with van der Waals surface area (Å²) in [6.45, 7) is 2.69. The molecule has 4 atom stereocenters. The van der Waals surface area contributed by atoms with Crippen LogP contribution in [-0.4, -0.2) is 59.0 Å². The van der Waals surface area contributed by atoms with E-state index < -0.39 is 11.5 Å². The molecule has 3 heterocycles. The number of pyridine rings is 1. The molecule has 32 heavy (non-hydrogen) atoms. The summed E-state index contributed by atoms with van der Waals surface area (Å²) in [6.07, 6.45) is 2.55. The Kier molecular flexibility index (Phi) is 9.15. The quantitative estimate of drug-likeness (QED) is 0.193. The van der Waals surface area contributed by atoms with Crippen molar-refractivity contribution in [3.05, 3.63) is 44.2 Å². The van der Waals surface area contributed by atoms with Gasteiger partial charge in [-0.15, -0.1) is 11.3 Å². The molecule has 4 N–H and O–H groups in total. The van der Waals surface area contributed by atoms with Crippen LogP contribution in [0.3, 0.4) is 0 Å². The molecule has 0 bridgehead atoms. The molecular formula is C19H22BrClN6O3S2. The van der Waals surface area contributed by atoms with Crippen LogP contribution in [0, 0.1) is 11.3 Å². The molecule has 0 radical (unpaired) electrons. The maximum Gasteiger partial charge on any atom is 0.154 e. The molecule has 0 aliphatic carbocycles. The number of nitrogens with zero attached hydrogens (tertiary/aromatic N) is 4. The number of nitrogens with two attached hydrogens (primary N) is 2. The summed E-state index contributed by atoms with van der Waals surface area (Å²) >= 11 is 11.9. The Bertz CT molecular complexity index is 1000. The summed E-state index contributed by atoms with van der Waals surface area (Å²) in [7, 11) is 1.58. The fourth-order valence-corrected chi connectivity index (χ4v) is 5.31. The molecule has 2 aromatic heterocycles. The molecule has 0 aromatic carbocycles. The molecule has 1 aliphatic heterocycles. The van der Waals surface area contributed by atoms with Gasteiger partial charge in [0.1, 0.15) is 33.9 Å². The second-order valence-electron chi connectivity index (χ2n) is 6.84. The van der Waals surface area contributed by atoms with Crippen LogP contribution < -0.4 is 11.6 Å². The summed E-state index contributed by atoms with van der Waals surface area (Å²) in [5, 5.41) is 13.5. The van der Waals surface area contributed by atoms with Crippen molar-refractivity contribution in [3.8, 4) is 6.07 Å². The number of methoxy groups -OCH3 is 1. The van der Waals surface area contributed by atoms with Crippen molar-refractivity contribution < 1.29 is 14.2 Å². The first-order chi connectivity index (χ1) is 15.3. The Balaban J connectivity index is 1.78. The molecule has 2 aromatic rings. The third-order valence-corrected chi connectivity index (χ3v) is 7.41. The number of hydrogen-bond donors (Lipinski definition) is 2. The van der Waals surface area contributed by atoms with Gasteiger partial charge in [-0.2, -0.15) is 5.26 Å². The monoisotopic (exact) mass is 560 g/mol. The van der Waals surface area contributed by atoms with Crippen molar-refractivity contribution in [2.75, 3.05) is 20.3 Å². The van der Waals surface area contributed by atoms with Gasteiger partial charge < -0.3 is 25.0 Å². The van der Waals surface area contributed by atoms with Gasteiger partial charge in [-0.25, -0.2) is 15.8 Å². The number of ether oxygens (including phenoxy) is 3. The number of thiazole rings is 1. The summed E-state index contributed by atoms with van der Waals surface area (Å²) in [5.41, 5.74) is 6.29. The van der Waals surface area contributed by atoms with Gasteiger partial charge in [0.2, 0.25) is 0 Å². The molecule has 0 spiro atoms. The van der Waals surface area contributed by atoms with Crippen LogP contribution in [0.5, 0.6) is 0 Å². The summed E-state index contributed by atoms with van der Waals surface area (Å²) in [4.78, 5) is 8.98. The number of halogens is 2. The normalized spacial score (nSPS) is 20.3. The molecule has 0 saturated carbocycles. The number of nitriles is 1. The molecule has 172 valence electrons. The second-order valence-corrected chi connectivity index (χ2v) is 10.1. The lowest BCUT2D eigenvalue weighted by molar-refractivity contribution is -0.198. The van der Waals surface area contributed by atoms with E-state index in [2.05, 4.69) is 32.0 Å². The smallest absolute Gasteiger partial charge is 0.154 e. The molecule has 1 fully saturated rings. The predicted molar refractivity (Wildman–Crippen MR) is 128 cm³/mol. The van der Waals surface area contributed by atoms with Crippen LogP contribution in [0.25, 0.3) is 5.70 Å². The van der Waals surface area contributed by atoms with Crippen molar-refractivity contribution in [1.82, 2.24) is 15.0 Å². The SMILES string of the molecule is CO[C@@H](CN(N)/C=C(\N)c1nc(Cl)cs1)C(OC1COC1C)Sc1cc(Br)cnc1C#N. The molecule has 3 unspecified atom stereocenters. The van der Waals surface area contributed by atoms with Gasteiger partial charge in [0.15, 0.2) is 5.69 Å². The molecule has 13 heteroatoms. The van der Waals surface area contributed by atoms with E-state index in [4.69, 9.17) is 37.4 Å². The van der Waals surface area contributed by atoms with E-state index in [-0.39, 0.29) is 18.8 Å². The Morgan fingerprint density at radius 2 is 2.41 bits per heavy atom. The van der Waals surface area contributed by atoms with Crippen LogP contribution in [0.4, 0.5) is 0 Å². The van der Waals surface area contributed by atoms with Gasteiger partial charge in [-0.05, 0) is 28.9 Å². The maximum absolute atomic E-state index is 9.46.